The van der Waals surface area contributed by atoms with Gasteiger partial charge in [-0.1, -0.05) is 32.0 Å². The van der Waals surface area contributed by atoms with Gasteiger partial charge in [-0.2, -0.15) is 0 Å². The average molecular weight is 375 g/mol. The van der Waals surface area contributed by atoms with E-state index in [1.807, 2.05) is 42.5 Å². The van der Waals surface area contributed by atoms with Gasteiger partial charge in [0.05, 0.1) is 6.04 Å². The largest absolute Gasteiger partial charge is 0.484 e. The molecule has 2 aromatic rings. The average Bonchev–Trinajstić information content (AvgIpc) is 2.60. The lowest BCUT2D eigenvalue weighted by Gasteiger charge is -2.26. The fourth-order valence-electron chi connectivity index (χ4n) is 3.32. The van der Waals surface area contributed by atoms with Gasteiger partial charge in [-0.05, 0) is 66.1 Å². The molecule has 3 rings (SSSR count). The van der Waals surface area contributed by atoms with E-state index in [1.54, 1.807) is 0 Å². The Hall–Kier alpha value is -2.20. The molecule has 0 saturated heterocycles. The first-order chi connectivity index (χ1) is 12.0. The van der Waals surface area contributed by atoms with Crippen LogP contribution in [0.5, 0.6) is 5.75 Å². The van der Waals surface area contributed by atoms with Crippen LogP contribution in [0.4, 0.5) is 5.69 Å². The SMILES string of the molecule is CC(C)c1ccc(OCC(=O)NC2CCCc3cc(N)ccc32)cc1.Cl. The molecule has 1 aliphatic carbocycles. The molecule has 0 fully saturated rings. The molecule has 4 nitrogen and oxygen atoms in total. The molecular formula is C21H27ClN2O2. The predicted molar refractivity (Wildman–Crippen MR) is 108 cm³/mol. The van der Waals surface area contributed by atoms with E-state index in [-0.39, 0.29) is 31.0 Å². The minimum absolute atomic E-state index is 0. The number of anilines is 1. The summed E-state index contributed by atoms with van der Waals surface area (Å²) in [5, 5.41) is 3.09. The number of nitrogens with two attached hydrogens (primary N) is 1. The molecule has 3 N–H and O–H groups in total. The van der Waals surface area contributed by atoms with Gasteiger partial charge in [0, 0.05) is 5.69 Å². The number of nitrogen functional groups attached to an aromatic ring is 1. The van der Waals surface area contributed by atoms with Crippen LogP contribution in [0.2, 0.25) is 0 Å². The van der Waals surface area contributed by atoms with E-state index in [2.05, 4.69) is 19.2 Å². The van der Waals surface area contributed by atoms with Gasteiger partial charge in [0.15, 0.2) is 6.61 Å². The van der Waals surface area contributed by atoms with Crippen molar-refractivity contribution in [3.8, 4) is 5.75 Å². The number of aryl methyl sites for hydroxylation is 1. The Labute approximate surface area is 161 Å². The maximum absolute atomic E-state index is 12.3. The van der Waals surface area contributed by atoms with Crippen molar-refractivity contribution in [1.82, 2.24) is 5.32 Å². The van der Waals surface area contributed by atoms with Crippen LogP contribution < -0.4 is 15.8 Å². The zero-order valence-electron chi connectivity index (χ0n) is 15.3. The standard InChI is InChI=1S/C21H26N2O2.ClH/c1-14(2)15-6-9-18(10-7-15)25-13-21(24)23-20-5-3-4-16-12-17(22)8-11-19(16)20;/h6-12,14,20H,3-5,13,22H2,1-2H3,(H,23,24);1H. The lowest BCUT2D eigenvalue weighted by Crippen LogP contribution is -2.34. The Morgan fingerprint density at radius 3 is 2.65 bits per heavy atom. The Bertz CT molecular complexity index is 744. The van der Waals surface area contributed by atoms with Crippen LogP contribution in [-0.4, -0.2) is 12.5 Å². The van der Waals surface area contributed by atoms with E-state index >= 15 is 0 Å². The number of hydrogen-bond acceptors (Lipinski definition) is 3. The fourth-order valence-corrected chi connectivity index (χ4v) is 3.32. The molecular weight excluding hydrogens is 348 g/mol. The van der Waals surface area contributed by atoms with E-state index < -0.39 is 0 Å². The first-order valence-electron chi connectivity index (χ1n) is 8.93. The smallest absolute Gasteiger partial charge is 0.258 e. The van der Waals surface area contributed by atoms with E-state index in [4.69, 9.17) is 10.5 Å². The molecule has 1 unspecified atom stereocenters. The predicted octanol–water partition coefficient (Wildman–Crippen LogP) is 4.39. The second-order valence-electron chi connectivity index (χ2n) is 6.98. The number of benzene rings is 2. The second-order valence-corrected chi connectivity index (χ2v) is 6.98. The number of amides is 1. The summed E-state index contributed by atoms with van der Waals surface area (Å²) >= 11 is 0. The summed E-state index contributed by atoms with van der Waals surface area (Å²) in [7, 11) is 0. The molecule has 1 amide bonds. The number of nitrogens with one attached hydrogen (secondary N) is 1. The van der Waals surface area contributed by atoms with Gasteiger partial charge in [0.1, 0.15) is 5.75 Å². The number of rotatable bonds is 5. The van der Waals surface area contributed by atoms with Crippen LogP contribution in [0.3, 0.4) is 0 Å². The van der Waals surface area contributed by atoms with Crippen LogP contribution in [0.15, 0.2) is 42.5 Å². The number of fused-ring (bicyclic) bond motifs is 1. The Balaban J connectivity index is 0.00000243. The highest BCUT2D eigenvalue weighted by Gasteiger charge is 2.22. The minimum Gasteiger partial charge on any atom is -0.484 e. The molecule has 1 aliphatic rings. The highest BCUT2D eigenvalue weighted by Crippen LogP contribution is 2.30. The van der Waals surface area contributed by atoms with E-state index in [1.165, 1.54) is 16.7 Å². The molecule has 0 bridgehead atoms. The number of ether oxygens (including phenoxy) is 1. The Kier molecular flexibility index (Phi) is 6.92. The topological polar surface area (TPSA) is 64.3 Å². The molecule has 0 spiro atoms. The normalized spacial score (nSPS) is 15.7. The summed E-state index contributed by atoms with van der Waals surface area (Å²) < 4.78 is 5.62. The molecule has 1 atom stereocenters. The molecule has 0 radical (unpaired) electrons. The quantitative estimate of drug-likeness (QED) is 0.763. The second kappa shape index (κ2) is 8.95. The molecule has 26 heavy (non-hydrogen) atoms. The first-order valence-corrected chi connectivity index (χ1v) is 8.93. The van der Waals surface area contributed by atoms with Crippen LogP contribution in [0.1, 0.15) is 55.3 Å². The van der Waals surface area contributed by atoms with Gasteiger partial charge >= 0.3 is 0 Å². The van der Waals surface area contributed by atoms with Gasteiger partial charge in [-0.3, -0.25) is 4.79 Å². The van der Waals surface area contributed by atoms with Gasteiger partial charge in [0.25, 0.3) is 5.91 Å². The maximum atomic E-state index is 12.3. The molecule has 2 aromatic carbocycles. The minimum atomic E-state index is -0.0948. The monoisotopic (exact) mass is 374 g/mol. The van der Waals surface area contributed by atoms with Crippen molar-refractivity contribution in [2.24, 2.45) is 0 Å². The molecule has 0 saturated carbocycles. The number of carbonyl (C=O) groups is 1. The zero-order valence-corrected chi connectivity index (χ0v) is 16.1. The lowest BCUT2D eigenvalue weighted by molar-refractivity contribution is -0.123. The third-order valence-electron chi connectivity index (χ3n) is 4.73. The molecule has 0 aliphatic heterocycles. The zero-order chi connectivity index (χ0) is 17.8. The van der Waals surface area contributed by atoms with Crippen LogP contribution >= 0.6 is 12.4 Å². The third kappa shape index (κ3) is 4.92. The summed E-state index contributed by atoms with van der Waals surface area (Å²) in [4.78, 5) is 12.3. The van der Waals surface area contributed by atoms with Gasteiger partial charge in [-0.25, -0.2) is 0 Å². The number of carbonyl (C=O) groups excluding carboxylic acids is 1. The summed E-state index contributed by atoms with van der Waals surface area (Å²) in [6, 6.07) is 13.9. The van der Waals surface area contributed by atoms with Crippen molar-refractivity contribution in [1.29, 1.82) is 0 Å². The van der Waals surface area contributed by atoms with Crippen molar-refractivity contribution < 1.29 is 9.53 Å². The highest BCUT2D eigenvalue weighted by atomic mass is 35.5. The van der Waals surface area contributed by atoms with E-state index in [0.29, 0.717) is 5.92 Å². The van der Waals surface area contributed by atoms with E-state index in [9.17, 15) is 4.79 Å². The summed E-state index contributed by atoms with van der Waals surface area (Å²) in [5.41, 5.74) is 10.3. The summed E-state index contributed by atoms with van der Waals surface area (Å²) in [6.07, 6.45) is 3.02. The fraction of sp³-hybridized carbons (Fsp3) is 0.381. The van der Waals surface area contributed by atoms with E-state index in [0.717, 1.165) is 30.7 Å². The number of hydrogen-bond donors (Lipinski definition) is 2. The molecule has 140 valence electrons. The van der Waals surface area contributed by atoms with Crippen molar-refractivity contribution in [2.75, 3.05) is 12.3 Å². The number of halogens is 1. The third-order valence-corrected chi connectivity index (χ3v) is 4.73. The molecule has 0 aromatic heterocycles. The Morgan fingerprint density at radius 1 is 1.23 bits per heavy atom. The van der Waals surface area contributed by atoms with Gasteiger partial charge in [0.2, 0.25) is 0 Å². The summed E-state index contributed by atoms with van der Waals surface area (Å²) in [5.74, 6) is 1.11. The van der Waals surface area contributed by atoms with Crippen molar-refractivity contribution in [2.45, 2.75) is 45.1 Å². The highest BCUT2D eigenvalue weighted by molar-refractivity contribution is 5.85. The van der Waals surface area contributed by atoms with Crippen LogP contribution in [0, 0.1) is 0 Å². The van der Waals surface area contributed by atoms with Crippen molar-refractivity contribution >= 4 is 24.0 Å². The summed E-state index contributed by atoms with van der Waals surface area (Å²) in [6.45, 7) is 4.33. The van der Waals surface area contributed by atoms with Gasteiger partial charge < -0.3 is 15.8 Å². The van der Waals surface area contributed by atoms with Crippen molar-refractivity contribution in [3.63, 3.8) is 0 Å². The lowest BCUT2D eigenvalue weighted by atomic mass is 9.87. The van der Waals surface area contributed by atoms with Gasteiger partial charge in [-0.15, -0.1) is 12.4 Å². The van der Waals surface area contributed by atoms with Crippen LogP contribution in [-0.2, 0) is 11.2 Å². The maximum Gasteiger partial charge on any atom is 0.258 e. The molecule has 0 heterocycles. The Morgan fingerprint density at radius 2 is 1.96 bits per heavy atom. The van der Waals surface area contributed by atoms with Crippen molar-refractivity contribution in [3.05, 3.63) is 59.2 Å². The first kappa shape index (κ1) is 20.1. The van der Waals surface area contributed by atoms with Crippen LogP contribution in [0.25, 0.3) is 0 Å². The molecule has 5 heteroatoms.